The van der Waals surface area contributed by atoms with Gasteiger partial charge in [0.2, 0.25) is 0 Å². The minimum absolute atomic E-state index is 0.0869. The van der Waals surface area contributed by atoms with Crippen molar-refractivity contribution in [3.05, 3.63) is 28.2 Å². The lowest BCUT2D eigenvalue weighted by molar-refractivity contribution is 0.202. The zero-order valence-corrected chi connectivity index (χ0v) is 9.38. The van der Waals surface area contributed by atoms with Gasteiger partial charge >= 0.3 is 6.09 Å². The van der Waals surface area contributed by atoms with Gasteiger partial charge in [-0.1, -0.05) is 0 Å². The van der Waals surface area contributed by atoms with Gasteiger partial charge in [0.1, 0.15) is 0 Å². The van der Waals surface area contributed by atoms with Crippen molar-refractivity contribution in [3.8, 4) is 0 Å². The summed E-state index contributed by atoms with van der Waals surface area (Å²) in [7, 11) is 0. The first-order valence-corrected chi connectivity index (χ1v) is 4.92. The maximum Gasteiger partial charge on any atom is 0.411 e. The molecule has 0 saturated carbocycles. The van der Waals surface area contributed by atoms with Gasteiger partial charge in [-0.25, -0.2) is 13.6 Å². The molecule has 0 atom stereocenters. The van der Waals surface area contributed by atoms with Gasteiger partial charge in [0.25, 0.3) is 0 Å². The second kappa shape index (κ2) is 4.57. The Hall–Kier alpha value is -1.17. The van der Waals surface area contributed by atoms with Crippen LogP contribution in [0, 0.1) is 11.6 Å². The van der Waals surface area contributed by atoms with E-state index in [4.69, 9.17) is 5.11 Å². The molecule has 0 unspecified atom stereocenters. The molecule has 0 radical (unpaired) electrons. The van der Waals surface area contributed by atoms with E-state index < -0.39 is 17.7 Å². The Balaban J connectivity index is 3.25. The van der Waals surface area contributed by atoms with Crippen LogP contribution in [-0.4, -0.2) is 17.7 Å². The molecule has 1 N–H and O–H groups in total. The molecule has 6 heteroatoms. The SMILES string of the molecule is CCN(C(=O)O)c1ccc(F)c(F)c1Br. The first kappa shape index (κ1) is 11.9. The monoisotopic (exact) mass is 279 g/mol. The number of benzene rings is 1. The molecule has 3 nitrogen and oxygen atoms in total. The molecule has 0 aliphatic heterocycles. The van der Waals surface area contributed by atoms with Crippen LogP contribution in [0.25, 0.3) is 0 Å². The molecular weight excluding hydrogens is 272 g/mol. The minimum atomic E-state index is -1.22. The van der Waals surface area contributed by atoms with Crippen LogP contribution in [-0.2, 0) is 0 Å². The van der Waals surface area contributed by atoms with Crippen molar-refractivity contribution in [2.24, 2.45) is 0 Å². The molecule has 1 amide bonds. The van der Waals surface area contributed by atoms with E-state index in [9.17, 15) is 13.6 Å². The molecule has 0 heterocycles. The Labute approximate surface area is 93.4 Å². The third-order valence-corrected chi connectivity index (χ3v) is 2.61. The number of rotatable bonds is 2. The summed E-state index contributed by atoms with van der Waals surface area (Å²) < 4.78 is 25.7. The van der Waals surface area contributed by atoms with E-state index in [1.54, 1.807) is 6.92 Å². The van der Waals surface area contributed by atoms with E-state index >= 15 is 0 Å². The van der Waals surface area contributed by atoms with Crippen molar-refractivity contribution in [2.45, 2.75) is 6.92 Å². The highest BCUT2D eigenvalue weighted by molar-refractivity contribution is 9.10. The predicted octanol–water partition coefficient (Wildman–Crippen LogP) is 3.23. The van der Waals surface area contributed by atoms with Gasteiger partial charge in [0, 0.05) is 6.54 Å². The predicted molar refractivity (Wildman–Crippen MR) is 55.1 cm³/mol. The van der Waals surface area contributed by atoms with Crippen molar-refractivity contribution in [1.29, 1.82) is 0 Å². The average molecular weight is 280 g/mol. The second-order valence-electron chi connectivity index (χ2n) is 2.72. The number of amides is 1. The molecule has 82 valence electrons. The standard InChI is InChI=1S/C9H8BrF2NO2/c1-2-13(9(14)15)6-4-3-5(11)8(12)7(6)10/h3-4H,2H2,1H3,(H,14,15). The van der Waals surface area contributed by atoms with Crippen molar-refractivity contribution in [3.63, 3.8) is 0 Å². The Kier molecular flexibility index (Phi) is 3.62. The van der Waals surface area contributed by atoms with Gasteiger partial charge in [-0.3, -0.25) is 4.90 Å². The minimum Gasteiger partial charge on any atom is -0.465 e. The van der Waals surface area contributed by atoms with E-state index in [0.717, 1.165) is 11.0 Å². The van der Waals surface area contributed by atoms with E-state index in [2.05, 4.69) is 15.9 Å². The van der Waals surface area contributed by atoms with Gasteiger partial charge in [-0.2, -0.15) is 0 Å². The fourth-order valence-corrected chi connectivity index (χ4v) is 1.67. The summed E-state index contributed by atoms with van der Waals surface area (Å²) in [4.78, 5) is 11.7. The molecule has 1 aromatic rings. The van der Waals surface area contributed by atoms with Gasteiger partial charge in [0.05, 0.1) is 10.2 Å². The Morgan fingerprint density at radius 2 is 2.13 bits per heavy atom. The molecule has 0 saturated heterocycles. The largest absolute Gasteiger partial charge is 0.465 e. The average Bonchev–Trinajstić information content (AvgIpc) is 2.18. The molecule has 0 aliphatic carbocycles. The van der Waals surface area contributed by atoms with Gasteiger partial charge in [-0.05, 0) is 35.0 Å². The Morgan fingerprint density at radius 1 is 1.53 bits per heavy atom. The van der Waals surface area contributed by atoms with Crippen molar-refractivity contribution >= 4 is 27.7 Å². The number of hydrogen-bond acceptors (Lipinski definition) is 1. The number of hydrogen-bond donors (Lipinski definition) is 1. The number of nitrogens with zero attached hydrogens (tertiary/aromatic N) is 1. The van der Waals surface area contributed by atoms with Crippen LogP contribution >= 0.6 is 15.9 Å². The molecule has 0 aliphatic rings. The second-order valence-corrected chi connectivity index (χ2v) is 3.51. The molecule has 1 aromatic carbocycles. The summed E-state index contributed by atoms with van der Waals surface area (Å²) in [5, 5.41) is 8.80. The fraction of sp³-hybridized carbons (Fsp3) is 0.222. The maximum atomic E-state index is 13.1. The summed E-state index contributed by atoms with van der Waals surface area (Å²) in [5.41, 5.74) is 0.0869. The summed E-state index contributed by atoms with van der Waals surface area (Å²) in [6.45, 7) is 1.75. The first-order valence-electron chi connectivity index (χ1n) is 4.13. The molecule has 0 spiro atoms. The third-order valence-electron chi connectivity index (χ3n) is 1.85. The van der Waals surface area contributed by atoms with E-state index in [-0.39, 0.29) is 16.7 Å². The number of anilines is 1. The number of carboxylic acid groups (broad SMARTS) is 1. The quantitative estimate of drug-likeness (QED) is 0.845. The molecule has 0 fully saturated rings. The number of halogens is 3. The van der Waals surface area contributed by atoms with Gasteiger partial charge in [0.15, 0.2) is 11.6 Å². The normalized spacial score (nSPS) is 10.1. The maximum absolute atomic E-state index is 13.1. The summed E-state index contributed by atoms with van der Waals surface area (Å²) >= 11 is 2.82. The zero-order chi connectivity index (χ0) is 11.6. The van der Waals surface area contributed by atoms with E-state index in [0.29, 0.717) is 0 Å². The highest BCUT2D eigenvalue weighted by Gasteiger charge is 2.19. The van der Waals surface area contributed by atoms with Gasteiger partial charge in [-0.15, -0.1) is 0 Å². The highest BCUT2D eigenvalue weighted by atomic mass is 79.9. The smallest absolute Gasteiger partial charge is 0.411 e. The molecule has 0 bridgehead atoms. The molecule has 0 aromatic heterocycles. The summed E-state index contributed by atoms with van der Waals surface area (Å²) in [6.07, 6.45) is -1.22. The lowest BCUT2D eigenvalue weighted by Gasteiger charge is -2.18. The van der Waals surface area contributed by atoms with Crippen molar-refractivity contribution in [2.75, 3.05) is 11.4 Å². The first-order chi connectivity index (χ1) is 6.99. The van der Waals surface area contributed by atoms with Crippen LogP contribution < -0.4 is 4.90 Å². The van der Waals surface area contributed by atoms with E-state index in [1.165, 1.54) is 6.07 Å². The lowest BCUT2D eigenvalue weighted by Crippen LogP contribution is -2.29. The fourth-order valence-electron chi connectivity index (χ4n) is 1.13. The van der Waals surface area contributed by atoms with Crippen molar-refractivity contribution < 1.29 is 18.7 Å². The van der Waals surface area contributed by atoms with Crippen molar-refractivity contribution in [1.82, 2.24) is 0 Å². The molecule has 15 heavy (non-hydrogen) atoms. The molecule has 1 rings (SSSR count). The Bertz CT molecular complexity index is 398. The number of carbonyl (C=O) groups is 1. The van der Waals surface area contributed by atoms with Crippen LogP contribution in [0.4, 0.5) is 19.3 Å². The lowest BCUT2D eigenvalue weighted by atomic mass is 10.2. The zero-order valence-electron chi connectivity index (χ0n) is 7.80. The summed E-state index contributed by atoms with van der Waals surface area (Å²) in [6, 6.07) is 2.10. The topological polar surface area (TPSA) is 40.5 Å². The van der Waals surface area contributed by atoms with Gasteiger partial charge < -0.3 is 5.11 Å². The highest BCUT2D eigenvalue weighted by Crippen LogP contribution is 2.30. The van der Waals surface area contributed by atoms with E-state index in [1.807, 2.05) is 0 Å². The Morgan fingerprint density at radius 3 is 2.60 bits per heavy atom. The van der Waals surface area contributed by atoms with Crippen LogP contribution in [0.15, 0.2) is 16.6 Å². The van der Waals surface area contributed by atoms with Crippen LogP contribution in [0.5, 0.6) is 0 Å². The molecular formula is C9H8BrF2NO2. The van der Waals surface area contributed by atoms with Crippen LogP contribution in [0.3, 0.4) is 0 Å². The van der Waals surface area contributed by atoms with Crippen LogP contribution in [0.2, 0.25) is 0 Å². The van der Waals surface area contributed by atoms with Crippen LogP contribution in [0.1, 0.15) is 6.92 Å². The summed E-state index contributed by atoms with van der Waals surface area (Å²) in [5.74, 6) is -2.11. The third kappa shape index (κ3) is 2.26.